The standard InChI is InChI=1S/C20H27NO4/c22-17-14-16-8-9-20(23)25-18(16)15-19(17)24-13-7-2-1-4-10-21-11-5-3-6-12-21/h8-9,14-15,22H,1-7,10-13H2. The van der Waals surface area contributed by atoms with Gasteiger partial charge in [0, 0.05) is 17.5 Å². The van der Waals surface area contributed by atoms with Gasteiger partial charge in [0.05, 0.1) is 6.61 Å². The van der Waals surface area contributed by atoms with E-state index in [1.165, 1.54) is 57.8 Å². The van der Waals surface area contributed by atoms with Crippen molar-refractivity contribution in [2.45, 2.75) is 44.9 Å². The van der Waals surface area contributed by atoms with Crippen LogP contribution in [0.15, 0.2) is 33.5 Å². The Morgan fingerprint density at radius 1 is 1.04 bits per heavy atom. The smallest absolute Gasteiger partial charge is 0.336 e. The molecule has 1 aliphatic heterocycles. The molecule has 5 nitrogen and oxygen atoms in total. The monoisotopic (exact) mass is 345 g/mol. The average molecular weight is 345 g/mol. The normalized spacial score (nSPS) is 15.5. The van der Waals surface area contributed by atoms with Gasteiger partial charge in [0.25, 0.3) is 0 Å². The van der Waals surface area contributed by atoms with Crippen molar-refractivity contribution in [1.29, 1.82) is 0 Å². The van der Waals surface area contributed by atoms with Crippen molar-refractivity contribution in [2.75, 3.05) is 26.2 Å². The third-order valence-corrected chi connectivity index (χ3v) is 4.78. The first-order valence-corrected chi connectivity index (χ1v) is 9.34. The number of unbranched alkanes of at least 4 members (excludes halogenated alkanes) is 3. The molecule has 0 aliphatic carbocycles. The Kier molecular flexibility index (Phi) is 6.34. The highest BCUT2D eigenvalue weighted by molar-refractivity contribution is 5.80. The van der Waals surface area contributed by atoms with Gasteiger partial charge in [0.15, 0.2) is 11.5 Å². The fourth-order valence-corrected chi connectivity index (χ4v) is 3.36. The van der Waals surface area contributed by atoms with Crippen LogP contribution in [0, 0.1) is 0 Å². The molecule has 25 heavy (non-hydrogen) atoms. The van der Waals surface area contributed by atoms with Gasteiger partial charge in [0.1, 0.15) is 5.58 Å². The average Bonchev–Trinajstić information content (AvgIpc) is 2.62. The fourth-order valence-electron chi connectivity index (χ4n) is 3.36. The number of fused-ring (bicyclic) bond motifs is 1. The van der Waals surface area contributed by atoms with Crippen molar-refractivity contribution in [3.05, 3.63) is 34.7 Å². The maximum absolute atomic E-state index is 11.3. The molecule has 0 atom stereocenters. The summed E-state index contributed by atoms with van der Waals surface area (Å²) in [6.07, 6.45) is 8.61. The Morgan fingerprint density at radius 2 is 1.84 bits per heavy atom. The van der Waals surface area contributed by atoms with Gasteiger partial charge >= 0.3 is 5.63 Å². The van der Waals surface area contributed by atoms with Crippen molar-refractivity contribution >= 4 is 11.0 Å². The molecule has 0 unspecified atom stereocenters. The van der Waals surface area contributed by atoms with Crippen LogP contribution in [-0.4, -0.2) is 36.2 Å². The van der Waals surface area contributed by atoms with Crippen LogP contribution in [-0.2, 0) is 0 Å². The van der Waals surface area contributed by atoms with Crippen LogP contribution in [0.3, 0.4) is 0 Å². The number of hydrogen-bond acceptors (Lipinski definition) is 5. The molecular weight excluding hydrogens is 318 g/mol. The topological polar surface area (TPSA) is 62.9 Å². The Hall–Kier alpha value is -2.01. The highest BCUT2D eigenvalue weighted by Crippen LogP contribution is 2.30. The maximum atomic E-state index is 11.3. The molecule has 1 aromatic carbocycles. The van der Waals surface area contributed by atoms with Gasteiger partial charge in [-0.2, -0.15) is 0 Å². The summed E-state index contributed by atoms with van der Waals surface area (Å²) in [6.45, 7) is 4.30. The maximum Gasteiger partial charge on any atom is 0.336 e. The summed E-state index contributed by atoms with van der Waals surface area (Å²) >= 11 is 0. The van der Waals surface area contributed by atoms with Crippen LogP contribution in [0.25, 0.3) is 11.0 Å². The quantitative estimate of drug-likeness (QED) is 0.580. The number of phenols is 1. The number of nitrogens with zero attached hydrogens (tertiary/aromatic N) is 1. The lowest BCUT2D eigenvalue weighted by Crippen LogP contribution is -2.30. The zero-order valence-corrected chi connectivity index (χ0v) is 14.7. The van der Waals surface area contributed by atoms with Crippen molar-refractivity contribution in [1.82, 2.24) is 4.90 Å². The Bertz CT molecular complexity index is 734. The van der Waals surface area contributed by atoms with Crippen LogP contribution in [0.5, 0.6) is 11.5 Å². The van der Waals surface area contributed by atoms with Gasteiger partial charge < -0.3 is 19.2 Å². The second kappa shape index (κ2) is 8.90. The molecule has 2 aromatic rings. The second-order valence-corrected chi connectivity index (χ2v) is 6.78. The van der Waals surface area contributed by atoms with Crippen LogP contribution >= 0.6 is 0 Å². The first-order valence-electron chi connectivity index (χ1n) is 9.34. The van der Waals surface area contributed by atoms with E-state index in [4.69, 9.17) is 9.15 Å². The fraction of sp³-hybridized carbons (Fsp3) is 0.550. The number of rotatable bonds is 8. The summed E-state index contributed by atoms with van der Waals surface area (Å²) in [4.78, 5) is 13.9. The second-order valence-electron chi connectivity index (χ2n) is 6.78. The molecule has 1 aromatic heterocycles. The Labute approximate surface area is 148 Å². The van der Waals surface area contributed by atoms with E-state index in [2.05, 4.69) is 4.90 Å². The molecule has 0 saturated carbocycles. The van der Waals surface area contributed by atoms with E-state index < -0.39 is 5.63 Å². The first kappa shape index (κ1) is 17.8. The molecule has 0 spiro atoms. The molecule has 0 radical (unpaired) electrons. The van der Waals surface area contributed by atoms with E-state index in [1.807, 2.05) is 0 Å². The summed E-state index contributed by atoms with van der Waals surface area (Å²) in [5.41, 5.74) is 0.0275. The number of likely N-dealkylation sites (tertiary alicyclic amines) is 1. The molecular formula is C20H27NO4. The van der Waals surface area contributed by atoms with E-state index in [-0.39, 0.29) is 5.75 Å². The predicted molar refractivity (Wildman–Crippen MR) is 98.4 cm³/mol. The minimum Gasteiger partial charge on any atom is -0.504 e. The number of hydrogen-bond donors (Lipinski definition) is 1. The molecule has 3 rings (SSSR count). The van der Waals surface area contributed by atoms with Gasteiger partial charge in [-0.15, -0.1) is 0 Å². The zero-order valence-electron chi connectivity index (χ0n) is 14.7. The van der Waals surface area contributed by atoms with E-state index in [0.29, 0.717) is 23.3 Å². The van der Waals surface area contributed by atoms with Crippen LogP contribution in [0.1, 0.15) is 44.9 Å². The van der Waals surface area contributed by atoms with E-state index >= 15 is 0 Å². The lowest BCUT2D eigenvalue weighted by molar-refractivity contribution is 0.222. The largest absolute Gasteiger partial charge is 0.504 e. The van der Waals surface area contributed by atoms with Crippen LogP contribution in [0.2, 0.25) is 0 Å². The molecule has 0 bridgehead atoms. The highest BCUT2D eigenvalue weighted by atomic mass is 16.5. The van der Waals surface area contributed by atoms with Crippen molar-refractivity contribution in [2.24, 2.45) is 0 Å². The van der Waals surface area contributed by atoms with Gasteiger partial charge in [-0.1, -0.05) is 19.3 Å². The molecule has 2 heterocycles. The van der Waals surface area contributed by atoms with Gasteiger partial charge in [-0.05, 0) is 57.5 Å². The third-order valence-electron chi connectivity index (χ3n) is 4.78. The van der Waals surface area contributed by atoms with Crippen molar-refractivity contribution in [3.8, 4) is 11.5 Å². The number of benzene rings is 1. The summed E-state index contributed by atoms with van der Waals surface area (Å²) in [5.74, 6) is 0.446. The van der Waals surface area contributed by atoms with E-state index in [1.54, 1.807) is 18.2 Å². The molecule has 1 saturated heterocycles. The number of aromatic hydroxyl groups is 1. The molecule has 0 amide bonds. The number of ether oxygens (including phenoxy) is 1. The number of phenolic OH excluding ortho intramolecular Hbond substituents is 1. The van der Waals surface area contributed by atoms with Crippen molar-refractivity contribution < 1.29 is 14.3 Å². The SMILES string of the molecule is O=c1ccc2cc(O)c(OCCCCCCN3CCCCC3)cc2o1. The van der Waals surface area contributed by atoms with Crippen molar-refractivity contribution in [3.63, 3.8) is 0 Å². The van der Waals surface area contributed by atoms with Crippen LogP contribution < -0.4 is 10.4 Å². The molecule has 1 fully saturated rings. The lowest BCUT2D eigenvalue weighted by Gasteiger charge is -2.26. The minimum atomic E-state index is -0.405. The summed E-state index contributed by atoms with van der Waals surface area (Å²) in [5, 5.41) is 10.7. The summed E-state index contributed by atoms with van der Waals surface area (Å²) < 4.78 is 10.8. The Morgan fingerprint density at radius 3 is 2.68 bits per heavy atom. The predicted octanol–water partition coefficient (Wildman–Crippen LogP) is 3.92. The summed E-state index contributed by atoms with van der Waals surface area (Å²) in [6, 6.07) is 6.12. The Balaban J connectivity index is 1.38. The lowest BCUT2D eigenvalue weighted by atomic mass is 10.1. The number of piperidine rings is 1. The third kappa shape index (κ3) is 5.23. The first-order chi connectivity index (χ1) is 12.2. The highest BCUT2D eigenvalue weighted by Gasteiger charge is 2.09. The van der Waals surface area contributed by atoms with Gasteiger partial charge in [0.2, 0.25) is 0 Å². The molecule has 1 aliphatic rings. The molecule has 136 valence electrons. The van der Waals surface area contributed by atoms with Gasteiger partial charge in [-0.25, -0.2) is 4.79 Å². The van der Waals surface area contributed by atoms with Crippen LogP contribution in [0.4, 0.5) is 0 Å². The minimum absolute atomic E-state index is 0.0754. The van der Waals surface area contributed by atoms with Gasteiger partial charge in [-0.3, -0.25) is 0 Å². The van der Waals surface area contributed by atoms with E-state index in [0.717, 1.165) is 12.8 Å². The summed E-state index contributed by atoms with van der Waals surface area (Å²) in [7, 11) is 0. The van der Waals surface area contributed by atoms with E-state index in [9.17, 15) is 9.90 Å². The molecule has 5 heteroatoms. The zero-order chi connectivity index (χ0) is 17.5. The molecule has 1 N–H and O–H groups in total.